The Morgan fingerprint density at radius 3 is 1.80 bits per heavy atom. The molecule has 0 spiro atoms. The van der Waals surface area contributed by atoms with E-state index in [4.69, 9.17) is 10.2 Å². The van der Waals surface area contributed by atoms with Crippen LogP contribution >= 0.6 is 0 Å². The van der Waals surface area contributed by atoms with E-state index in [1.165, 1.54) is 25.1 Å². The van der Waals surface area contributed by atoms with Crippen LogP contribution in [0.15, 0.2) is 18.2 Å². The van der Waals surface area contributed by atoms with Crippen LogP contribution in [-0.4, -0.2) is 46.0 Å². The number of carboxylic acids is 2. The molecule has 6 nitrogen and oxygen atoms in total. The molecule has 1 aromatic carbocycles. The summed E-state index contributed by atoms with van der Waals surface area (Å²) in [7, 11) is 0. The molecule has 2 rings (SSSR count). The Balaban J connectivity index is 0.000000240. The molecule has 2 N–H and O–H groups in total. The monoisotopic (exact) mass is 279 g/mol. The number of nitrogens with zero attached hydrogens (tertiary/aromatic N) is 1. The van der Waals surface area contributed by atoms with Gasteiger partial charge in [0.05, 0.1) is 11.1 Å². The highest BCUT2D eigenvalue weighted by molar-refractivity contribution is 5.96. The third-order valence-electron chi connectivity index (χ3n) is 2.90. The standard InChI is InChI=1S/C9H8O4.C5H9NO/c1-5-6(8(10)11)3-2-4-7(5)9(12)13;1-2-5(7)6-3-4-6/h2-4H,1H3,(H,10,11)(H,12,13);2-4H2,1H3. The van der Waals surface area contributed by atoms with E-state index in [1.54, 1.807) is 0 Å². The smallest absolute Gasteiger partial charge is 0.335 e. The van der Waals surface area contributed by atoms with Crippen molar-refractivity contribution in [2.75, 3.05) is 13.1 Å². The summed E-state index contributed by atoms with van der Waals surface area (Å²) in [5.41, 5.74) is 0.335. The van der Waals surface area contributed by atoms with E-state index >= 15 is 0 Å². The van der Waals surface area contributed by atoms with Gasteiger partial charge in [-0.25, -0.2) is 9.59 Å². The number of amides is 1. The Hall–Kier alpha value is -2.37. The molecule has 0 radical (unpaired) electrons. The number of hydrogen-bond acceptors (Lipinski definition) is 3. The summed E-state index contributed by atoms with van der Waals surface area (Å²) in [5, 5.41) is 17.4. The van der Waals surface area contributed by atoms with Crippen molar-refractivity contribution < 1.29 is 24.6 Å². The van der Waals surface area contributed by atoms with Crippen LogP contribution in [0.2, 0.25) is 0 Å². The van der Waals surface area contributed by atoms with Crippen molar-refractivity contribution in [1.82, 2.24) is 4.90 Å². The second-order valence-electron chi connectivity index (χ2n) is 4.32. The van der Waals surface area contributed by atoms with Crippen molar-refractivity contribution in [3.63, 3.8) is 0 Å². The van der Waals surface area contributed by atoms with Gasteiger partial charge in [0.25, 0.3) is 0 Å². The number of benzene rings is 1. The predicted molar refractivity (Wildman–Crippen MR) is 72.0 cm³/mol. The van der Waals surface area contributed by atoms with Crippen LogP contribution in [0.1, 0.15) is 39.6 Å². The quantitative estimate of drug-likeness (QED) is 0.820. The molecule has 0 unspecified atom stereocenters. The SMILES string of the molecule is CCC(=O)N1CC1.Cc1c(C(=O)O)cccc1C(=O)O. The lowest BCUT2D eigenvalue weighted by molar-refractivity contribution is -0.125. The number of carboxylic acid groups (broad SMARTS) is 2. The van der Waals surface area contributed by atoms with Gasteiger partial charge in [-0.3, -0.25) is 4.79 Å². The average molecular weight is 279 g/mol. The van der Waals surface area contributed by atoms with Crippen LogP contribution in [-0.2, 0) is 4.79 Å². The highest BCUT2D eigenvalue weighted by atomic mass is 16.4. The fourth-order valence-electron chi connectivity index (χ4n) is 1.62. The number of carbonyl (C=O) groups is 3. The molecule has 1 aliphatic rings. The zero-order valence-electron chi connectivity index (χ0n) is 11.4. The summed E-state index contributed by atoms with van der Waals surface area (Å²) >= 11 is 0. The summed E-state index contributed by atoms with van der Waals surface area (Å²) in [6.07, 6.45) is 0.667. The summed E-state index contributed by atoms with van der Waals surface area (Å²) in [6.45, 7) is 5.35. The topological polar surface area (TPSA) is 94.7 Å². The largest absolute Gasteiger partial charge is 0.478 e. The molecule has 1 aliphatic heterocycles. The predicted octanol–water partition coefficient (Wildman–Crippen LogP) is 1.63. The van der Waals surface area contributed by atoms with Crippen LogP contribution in [0.25, 0.3) is 0 Å². The van der Waals surface area contributed by atoms with Crippen LogP contribution in [0.3, 0.4) is 0 Å². The molecule has 1 amide bonds. The third kappa shape index (κ3) is 4.08. The second kappa shape index (κ2) is 6.70. The van der Waals surface area contributed by atoms with E-state index in [0.29, 0.717) is 12.3 Å². The minimum atomic E-state index is -1.11. The summed E-state index contributed by atoms with van der Waals surface area (Å²) in [6, 6.07) is 4.17. The fraction of sp³-hybridized carbons (Fsp3) is 0.357. The lowest BCUT2D eigenvalue weighted by atomic mass is 10.0. The van der Waals surface area contributed by atoms with Crippen molar-refractivity contribution in [1.29, 1.82) is 0 Å². The van der Waals surface area contributed by atoms with Gasteiger partial charge < -0.3 is 15.1 Å². The van der Waals surface area contributed by atoms with Gasteiger partial charge in [-0.15, -0.1) is 0 Å². The van der Waals surface area contributed by atoms with Gasteiger partial charge in [-0.2, -0.15) is 0 Å². The maximum atomic E-state index is 10.6. The van der Waals surface area contributed by atoms with E-state index in [0.717, 1.165) is 13.1 Å². The Labute approximate surface area is 116 Å². The average Bonchev–Trinajstić information content (AvgIpc) is 3.22. The third-order valence-corrected chi connectivity index (χ3v) is 2.90. The Kier molecular flexibility index (Phi) is 5.25. The lowest BCUT2D eigenvalue weighted by Crippen LogP contribution is -2.06. The van der Waals surface area contributed by atoms with Crippen LogP contribution in [0.4, 0.5) is 0 Å². The molecule has 1 saturated heterocycles. The van der Waals surface area contributed by atoms with E-state index in [1.807, 2.05) is 11.8 Å². The zero-order chi connectivity index (χ0) is 15.3. The maximum Gasteiger partial charge on any atom is 0.335 e. The van der Waals surface area contributed by atoms with Crippen molar-refractivity contribution in [2.24, 2.45) is 0 Å². The number of aromatic carboxylic acids is 2. The number of rotatable bonds is 3. The van der Waals surface area contributed by atoms with Gasteiger partial charge in [0.1, 0.15) is 0 Å². The Morgan fingerprint density at radius 2 is 1.55 bits per heavy atom. The van der Waals surface area contributed by atoms with Gasteiger partial charge in [0.15, 0.2) is 0 Å². The molecular formula is C14H17NO5. The van der Waals surface area contributed by atoms with Gasteiger partial charge in [-0.1, -0.05) is 13.0 Å². The molecule has 0 saturated carbocycles. The molecular weight excluding hydrogens is 262 g/mol. The molecule has 20 heavy (non-hydrogen) atoms. The molecule has 1 fully saturated rings. The number of carbonyl (C=O) groups excluding carboxylic acids is 1. The Bertz CT molecular complexity index is 502. The highest BCUT2D eigenvalue weighted by Gasteiger charge is 2.21. The minimum absolute atomic E-state index is 0.0277. The van der Waals surface area contributed by atoms with E-state index in [9.17, 15) is 14.4 Å². The highest BCUT2D eigenvalue weighted by Crippen LogP contribution is 2.13. The molecule has 1 aromatic rings. The first kappa shape index (κ1) is 15.7. The first-order valence-corrected chi connectivity index (χ1v) is 6.22. The number of hydrogen-bond donors (Lipinski definition) is 2. The summed E-state index contributed by atoms with van der Waals surface area (Å²) in [5.74, 6) is -1.93. The second-order valence-corrected chi connectivity index (χ2v) is 4.32. The van der Waals surface area contributed by atoms with Gasteiger partial charge >= 0.3 is 11.9 Å². The van der Waals surface area contributed by atoms with Crippen molar-refractivity contribution >= 4 is 17.8 Å². The Morgan fingerprint density at radius 1 is 1.10 bits per heavy atom. The fourth-order valence-corrected chi connectivity index (χ4v) is 1.62. The molecule has 0 aliphatic carbocycles. The molecule has 6 heteroatoms. The molecule has 0 atom stereocenters. The molecule has 0 bridgehead atoms. The van der Waals surface area contributed by atoms with Gasteiger partial charge in [-0.05, 0) is 24.6 Å². The van der Waals surface area contributed by atoms with Crippen molar-refractivity contribution in [3.8, 4) is 0 Å². The van der Waals surface area contributed by atoms with Gasteiger partial charge in [0, 0.05) is 19.5 Å². The summed E-state index contributed by atoms with van der Waals surface area (Å²) < 4.78 is 0. The maximum absolute atomic E-state index is 10.6. The van der Waals surface area contributed by atoms with E-state index in [2.05, 4.69) is 0 Å². The minimum Gasteiger partial charge on any atom is -0.478 e. The molecule has 108 valence electrons. The lowest BCUT2D eigenvalue weighted by Gasteiger charge is -2.03. The van der Waals surface area contributed by atoms with E-state index in [-0.39, 0.29) is 16.7 Å². The van der Waals surface area contributed by atoms with Crippen molar-refractivity contribution in [2.45, 2.75) is 20.3 Å². The van der Waals surface area contributed by atoms with Crippen LogP contribution in [0.5, 0.6) is 0 Å². The van der Waals surface area contributed by atoms with Gasteiger partial charge in [0.2, 0.25) is 5.91 Å². The van der Waals surface area contributed by atoms with Crippen molar-refractivity contribution in [3.05, 3.63) is 34.9 Å². The van der Waals surface area contributed by atoms with Crippen LogP contribution < -0.4 is 0 Å². The molecule has 0 aromatic heterocycles. The normalized spacial score (nSPS) is 12.2. The summed E-state index contributed by atoms with van der Waals surface area (Å²) in [4.78, 5) is 33.5. The van der Waals surface area contributed by atoms with Crippen LogP contribution in [0, 0.1) is 6.92 Å². The zero-order valence-corrected chi connectivity index (χ0v) is 11.4. The molecule has 1 heterocycles. The first-order valence-electron chi connectivity index (χ1n) is 6.22. The van der Waals surface area contributed by atoms with E-state index < -0.39 is 11.9 Å². The first-order chi connectivity index (χ1) is 9.38.